The molecule has 0 radical (unpaired) electrons. The molecule has 1 amide bonds. The van der Waals surface area contributed by atoms with Crippen molar-refractivity contribution in [1.82, 2.24) is 14.5 Å². The summed E-state index contributed by atoms with van der Waals surface area (Å²) in [6, 6.07) is 8.81. The highest BCUT2D eigenvalue weighted by Gasteiger charge is 2.22. The molecule has 1 aromatic carbocycles. The zero-order valence-electron chi connectivity index (χ0n) is 20.7. The molecule has 3 heterocycles. The third-order valence-corrected chi connectivity index (χ3v) is 5.95. The Bertz CT molecular complexity index is 1660. The van der Waals surface area contributed by atoms with E-state index in [2.05, 4.69) is 15.3 Å². The van der Waals surface area contributed by atoms with Gasteiger partial charge in [0.1, 0.15) is 22.7 Å². The lowest BCUT2D eigenvalue weighted by atomic mass is 10.1. The van der Waals surface area contributed by atoms with Crippen molar-refractivity contribution >= 4 is 22.6 Å². The Kier molecular flexibility index (Phi) is 6.75. The minimum absolute atomic E-state index is 0.0968. The zero-order chi connectivity index (χ0) is 26.9. The number of benzene rings is 1. The lowest BCUT2D eigenvalue weighted by Crippen LogP contribution is -2.29. The van der Waals surface area contributed by atoms with E-state index >= 15 is 0 Å². The molecule has 0 spiro atoms. The Morgan fingerprint density at radius 1 is 1.08 bits per heavy atom. The van der Waals surface area contributed by atoms with Crippen LogP contribution in [0.3, 0.4) is 0 Å². The fraction of sp³-hybridized carbons (Fsp3) is 0.192. The van der Waals surface area contributed by atoms with E-state index in [1.807, 2.05) is 6.07 Å². The minimum atomic E-state index is -0.769. The highest BCUT2D eigenvalue weighted by atomic mass is 19.1. The van der Waals surface area contributed by atoms with Crippen molar-refractivity contribution in [1.29, 1.82) is 5.26 Å². The summed E-state index contributed by atoms with van der Waals surface area (Å²) in [6.45, 7) is 3.22. The fourth-order valence-corrected chi connectivity index (χ4v) is 3.80. The Hall–Kier alpha value is -4.98. The molecule has 0 aliphatic carbocycles. The van der Waals surface area contributed by atoms with E-state index in [4.69, 9.17) is 14.2 Å². The lowest BCUT2D eigenvalue weighted by Gasteiger charge is -2.15. The zero-order valence-corrected chi connectivity index (χ0v) is 20.7. The van der Waals surface area contributed by atoms with Crippen LogP contribution in [0.5, 0.6) is 23.1 Å². The maximum Gasteiger partial charge on any atom is 0.261 e. The monoisotopic (exact) mass is 503 g/mol. The average Bonchev–Trinajstić information content (AvgIpc) is 2.88. The van der Waals surface area contributed by atoms with Crippen molar-refractivity contribution in [3.63, 3.8) is 0 Å². The second-order valence-corrected chi connectivity index (χ2v) is 8.00. The highest BCUT2D eigenvalue weighted by molar-refractivity contribution is 6.05. The van der Waals surface area contributed by atoms with Crippen LogP contribution in [0, 0.1) is 31.0 Å². The number of nitriles is 1. The molecule has 37 heavy (non-hydrogen) atoms. The van der Waals surface area contributed by atoms with Crippen LogP contribution in [0.25, 0.3) is 11.0 Å². The number of halogens is 1. The molecule has 4 rings (SSSR count). The van der Waals surface area contributed by atoms with Gasteiger partial charge in [0.2, 0.25) is 5.43 Å². The van der Waals surface area contributed by atoms with Crippen LogP contribution >= 0.6 is 0 Å². The molecule has 0 bridgehead atoms. The molecule has 0 atom stereocenters. The van der Waals surface area contributed by atoms with Gasteiger partial charge in [-0.05, 0) is 26.0 Å². The number of hydrogen-bond acceptors (Lipinski definition) is 8. The molecule has 3 aromatic heterocycles. The summed E-state index contributed by atoms with van der Waals surface area (Å²) in [5.74, 6) is -0.835. The highest BCUT2D eigenvalue weighted by Crippen LogP contribution is 2.35. The van der Waals surface area contributed by atoms with Crippen LogP contribution < -0.4 is 25.0 Å². The van der Waals surface area contributed by atoms with E-state index in [0.717, 1.165) is 6.07 Å². The molecule has 0 aliphatic heterocycles. The van der Waals surface area contributed by atoms with Crippen LogP contribution in [0.4, 0.5) is 10.1 Å². The maximum atomic E-state index is 15.0. The lowest BCUT2D eigenvalue weighted by molar-refractivity contribution is 0.102. The Morgan fingerprint density at radius 2 is 1.84 bits per heavy atom. The van der Waals surface area contributed by atoms with E-state index in [9.17, 15) is 19.2 Å². The van der Waals surface area contributed by atoms with Crippen LogP contribution in [-0.4, -0.2) is 34.7 Å². The number of ether oxygens (including phenoxy) is 3. The van der Waals surface area contributed by atoms with Crippen LogP contribution in [-0.2, 0) is 7.05 Å². The second-order valence-electron chi connectivity index (χ2n) is 8.00. The van der Waals surface area contributed by atoms with E-state index in [1.54, 1.807) is 31.5 Å². The summed E-state index contributed by atoms with van der Waals surface area (Å²) in [5, 5.41) is 11.9. The minimum Gasteiger partial charge on any atom is -0.491 e. The van der Waals surface area contributed by atoms with Crippen molar-refractivity contribution in [2.75, 3.05) is 19.5 Å². The van der Waals surface area contributed by atoms with Crippen LogP contribution in [0.15, 0.2) is 41.3 Å². The topological polar surface area (TPSA) is 128 Å². The van der Waals surface area contributed by atoms with Gasteiger partial charge in [-0.15, -0.1) is 0 Å². The number of nitrogens with one attached hydrogen (secondary N) is 1. The summed E-state index contributed by atoms with van der Waals surface area (Å²) < 4.78 is 32.8. The standard InChI is InChI=1S/C26H22FN5O5/c1-13-16(12-28)24(33)22(14(2)32(13)3)25(34)30-15-6-7-19(17(27)10-15)37-20-8-9-29-18-11-21(35-4)26(36-5)31-23(18)20/h6-11H,1-5H3,(H,30,34). The predicted molar refractivity (Wildman–Crippen MR) is 133 cm³/mol. The molecular weight excluding hydrogens is 481 g/mol. The fourth-order valence-electron chi connectivity index (χ4n) is 3.80. The van der Waals surface area contributed by atoms with Gasteiger partial charge in [0.25, 0.3) is 11.8 Å². The van der Waals surface area contributed by atoms with Crippen molar-refractivity contribution < 1.29 is 23.4 Å². The number of hydrogen-bond donors (Lipinski definition) is 1. The number of nitrogens with zero attached hydrogens (tertiary/aromatic N) is 4. The van der Waals surface area contributed by atoms with Gasteiger partial charge in [-0.1, -0.05) is 0 Å². The third kappa shape index (κ3) is 4.52. The number of carbonyl (C=O) groups is 1. The Morgan fingerprint density at radius 3 is 2.49 bits per heavy atom. The van der Waals surface area contributed by atoms with Gasteiger partial charge in [0.05, 0.1) is 19.7 Å². The number of amides is 1. The maximum absolute atomic E-state index is 15.0. The van der Waals surface area contributed by atoms with E-state index in [0.29, 0.717) is 28.2 Å². The van der Waals surface area contributed by atoms with Gasteiger partial charge in [0, 0.05) is 48.5 Å². The summed E-state index contributed by atoms with van der Waals surface area (Å²) >= 11 is 0. The third-order valence-electron chi connectivity index (χ3n) is 5.95. The van der Waals surface area contributed by atoms with Crippen molar-refractivity contribution in [2.24, 2.45) is 7.05 Å². The van der Waals surface area contributed by atoms with Gasteiger partial charge in [-0.2, -0.15) is 5.26 Å². The number of anilines is 1. The average molecular weight is 503 g/mol. The molecule has 1 N–H and O–H groups in total. The molecule has 0 fully saturated rings. The number of carbonyl (C=O) groups excluding carboxylic acids is 1. The first-order valence-corrected chi connectivity index (χ1v) is 11.0. The number of methoxy groups -OCH3 is 2. The smallest absolute Gasteiger partial charge is 0.261 e. The van der Waals surface area contributed by atoms with Crippen LogP contribution in [0.1, 0.15) is 27.3 Å². The van der Waals surface area contributed by atoms with Gasteiger partial charge < -0.3 is 24.1 Å². The van der Waals surface area contributed by atoms with Crippen molar-refractivity contribution in [2.45, 2.75) is 13.8 Å². The SMILES string of the molecule is COc1cc2nccc(Oc3ccc(NC(=O)c4c(C)n(C)c(C)c(C#N)c4=O)cc3F)c2nc1OC. The molecule has 10 nitrogen and oxygen atoms in total. The van der Waals surface area contributed by atoms with Gasteiger partial charge >= 0.3 is 0 Å². The largest absolute Gasteiger partial charge is 0.491 e. The summed E-state index contributed by atoms with van der Waals surface area (Å²) in [4.78, 5) is 34.2. The van der Waals surface area contributed by atoms with Gasteiger partial charge in [-0.3, -0.25) is 14.6 Å². The normalized spacial score (nSPS) is 10.6. The van der Waals surface area contributed by atoms with Gasteiger partial charge in [-0.25, -0.2) is 9.37 Å². The first-order chi connectivity index (χ1) is 17.7. The number of rotatable bonds is 6. The molecule has 0 saturated heterocycles. The van der Waals surface area contributed by atoms with Gasteiger partial charge in [0.15, 0.2) is 23.1 Å². The number of aromatic nitrogens is 3. The van der Waals surface area contributed by atoms with Crippen molar-refractivity contribution in [3.05, 3.63) is 75.1 Å². The number of pyridine rings is 3. The predicted octanol–water partition coefficient (Wildman–Crippen LogP) is 4.02. The number of fused-ring (bicyclic) bond motifs is 1. The molecule has 4 aromatic rings. The Balaban J connectivity index is 1.64. The molecular formula is C26H22FN5O5. The quantitative estimate of drug-likeness (QED) is 0.418. The summed E-state index contributed by atoms with van der Waals surface area (Å²) in [7, 11) is 4.56. The van der Waals surface area contributed by atoms with Crippen LogP contribution in [0.2, 0.25) is 0 Å². The molecule has 0 saturated carbocycles. The first-order valence-electron chi connectivity index (χ1n) is 11.0. The Labute approximate surface area is 210 Å². The molecule has 11 heteroatoms. The molecule has 188 valence electrons. The second kappa shape index (κ2) is 9.94. The summed E-state index contributed by atoms with van der Waals surface area (Å²) in [5.41, 5.74) is 0.704. The van der Waals surface area contributed by atoms with Crippen molar-refractivity contribution in [3.8, 4) is 29.2 Å². The molecule has 0 unspecified atom stereocenters. The molecule has 0 aliphatic rings. The van der Waals surface area contributed by atoms with E-state index in [-0.39, 0.29) is 34.2 Å². The first kappa shape index (κ1) is 25.1. The van der Waals surface area contributed by atoms with E-state index in [1.165, 1.54) is 38.6 Å². The summed E-state index contributed by atoms with van der Waals surface area (Å²) in [6.07, 6.45) is 1.48. The van der Waals surface area contributed by atoms with E-state index < -0.39 is 17.2 Å².